The van der Waals surface area contributed by atoms with Crippen LogP contribution >= 0.6 is 0 Å². The Morgan fingerprint density at radius 3 is 2.67 bits per heavy atom. The summed E-state index contributed by atoms with van der Waals surface area (Å²) in [5.74, 6) is -1.41. The lowest BCUT2D eigenvalue weighted by Crippen LogP contribution is -2.64. The van der Waals surface area contributed by atoms with Crippen LogP contribution in [0.5, 0.6) is 0 Å². The van der Waals surface area contributed by atoms with Crippen molar-refractivity contribution in [1.29, 1.82) is 0 Å². The highest BCUT2D eigenvalue weighted by Crippen LogP contribution is 2.29. The molecule has 21 heavy (non-hydrogen) atoms. The van der Waals surface area contributed by atoms with E-state index in [0.717, 1.165) is 6.42 Å². The first kappa shape index (κ1) is 16.6. The van der Waals surface area contributed by atoms with Crippen molar-refractivity contribution in [2.45, 2.75) is 50.8 Å². The lowest BCUT2D eigenvalue weighted by atomic mass is 9.96. The van der Waals surface area contributed by atoms with Crippen molar-refractivity contribution in [2.24, 2.45) is 11.8 Å². The Balaban J connectivity index is 1.99. The van der Waals surface area contributed by atoms with Crippen LogP contribution in [0.3, 0.4) is 0 Å². The Bertz CT molecular complexity index is 390. The molecule has 4 N–H and O–H groups in total. The van der Waals surface area contributed by atoms with Crippen molar-refractivity contribution in [1.82, 2.24) is 4.90 Å². The van der Waals surface area contributed by atoms with E-state index in [-0.39, 0.29) is 25.0 Å². The van der Waals surface area contributed by atoms with Crippen LogP contribution in [0.4, 0.5) is 0 Å². The second kappa shape index (κ2) is 6.18. The van der Waals surface area contributed by atoms with Crippen molar-refractivity contribution >= 4 is 5.91 Å². The van der Waals surface area contributed by atoms with Crippen molar-refractivity contribution in [3.05, 3.63) is 0 Å². The second-order valence-electron chi connectivity index (χ2n) is 6.63. The molecule has 2 aliphatic rings. The van der Waals surface area contributed by atoms with Gasteiger partial charge in [-0.25, -0.2) is 0 Å². The SMILES string of the molecule is CC(C)C[C@@H]1CC(=O)N(CC2(O)OC[C@@H](O)[C@H](O)[C@@H]2O)C1. The van der Waals surface area contributed by atoms with Crippen LogP contribution in [0, 0.1) is 11.8 Å². The van der Waals surface area contributed by atoms with E-state index in [1.54, 1.807) is 0 Å². The van der Waals surface area contributed by atoms with Gasteiger partial charge in [-0.1, -0.05) is 13.8 Å². The van der Waals surface area contributed by atoms with Gasteiger partial charge in [0.05, 0.1) is 13.2 Å². The molecule has 0 aromatic heterocycles. The number of amides is 1. The number of ether oxygens (including phenoxy) is 1. The summed E-state index contributed by atoms with van der Waals surface area (Å²) in [7, 11) is 0. The molecule has 0 aromatic carbocycles. The van der Waals surface area contributed by atoms with Gasteiger partial charge in [-0.3, -0.25) is 4.79 Å². The molecule has 1 unspecified atom stereocenters. The number of aliphatic hydroxyl groups excluding tert-OH is 3. The number of carbonyl (C=O) groups is 1. The van der Waals surface area contributed by atoms with Crippen LogP contribution in [0.25, 0.3) is 0 Å². The topological polar surface area (TPSA) is 110 Å². The normalized spacial score (nSPS) is 41.1. The second-order valence-corrected chi connectivity index (χ2v) is 6.63. The molecule has 2 aliphatic heterocycles. The van der Waals surface area contributed by atoms with E-state index in [1.807, 2.05) is 0 Å². The van der Waals surface area contributed by atoms with Gasteiger partial charge in [0, 0.05) is 13.0 Å². The minimum absolute atomic E-state index is 0.0921. The lowest BCUT2D eigenvalue weighted by molar-refractivity contribution is -0.323. The molecule has 0 bridgehead atoms. The maximum atomic E-state index is 12.0. The van der Waals surface area contributed by atoms with E-state index in [1.165, 1.54) is 4.90 Å². The Morgan fingerprint density at radius 2 is 2.05 bits per heavy atom. The summed E-state index contributed by atoms with van der Waals surface area (Å²) in [6.45, 7) is 4.20. The highest BCUT2D eigenvalue weighted by molar-refractivity contribution is 5.78. The predicted octanol–water partition coefficient (Wildman–Crippen LogP) is -1.32. The number of rotatable bonds is 4. The third kappa shape index (κ3) is 3.54. The molecule has 0 aliphatic carbocycles. The quantitative estimate of drug-likeness (QED) is 0.513. The molecule has 5 atom stereocenters. The summed E-state index contributed by atoms with van der Waals surface area (Å²) in [6.07, 6.45) is -3.05. The zero-order valence-corrected chi connectivity index (χ0v) is 12.5. The van der Waals surface area contributed by atoms with E-state index in [2.05, 4.69) is 13.8 Å². The molecule has 7 nitrogen and oxygen atoms in total. The summed E-state index contributed by atoms with van der Waals surface area (Å²) in [4.78, 5) is 13.5. The number of aliphatic hydroxyl groups is 4. The molecule has 2 saturated heterocycles. The van der Waals surface area contributed by atoms with Crippen molar-refractivity contribution < 1.29 is 30.0 Å². The fourth-order valence-corrected chi connectivity index (χ4v) is 3.13. The molecule has 2 fully saturated rings. The zero-order valence-electron chi connectivity index (χ0n) is 12.5. The Morgan fingerprint density at radius 1 is 1.38 bits per heavy atom. The number of carbonyl (C=O) groups excluding carboxylic acids is 1. The van der Waals surface area contributed by atoms with Gasteiger partial charge < -0.3 is 30.1 Å². The van der Waals surface area contributed by atoms with E-state index in [4.69, 9.17) is 4.74 Å². The van der Waals surface area contributed by atoms with Crippen molar-refractivity contribution in [2.75, 3.05) is 19.7 Å². The highest BCUT2D eigenvalue weighted by Gasteiger charge is 2.50. The first-order valence-corrected chi connectivity index (χ1v) is 7.41. The molecule has 122 valence electrons. The maximum absolute atomic E-state index is 12.0. The molecule has 7 heteroatoms. The number of hydrogen-bond donors (Lipinski definition) is 4. The summed E-state index contributed by atoms with van der Waals surface area (Å²) >= 11 is 0. The minimum Gasteiger partial charge on any atom is -0.388 e. The number of nitrogens with zero attached hydrogens (tertiary/aromatic N) is 1. The van der Waals surface area contributed by atoms with Crippen LogP contribution in [0.1, 0.15) is 26.7 Å². The van der Waals surface area contributed by atoms with Crippen LogP contribution in [-0.4, -0.2) is 75.0 Å². The summed E-state index contributed by atoms with van der Waals surface area (Å²) in [5, 5.41) is 39.3. The van der Waals surface area contributed by atoms with E-state index >= 15 is 0 Å². The lowest BCUT2D eigenvalue weighted by Gasteiger charge is -2.43. The van der Waals surface area contributed by atoms with Gasteiger partial charge in [0.1, 0.15) is 18.3 Å². The van der Waals surface area contributed by atoms with Crippen molar-refractivity contribution in [3.63, 3.8) is 0 Å². The minimum atomic E-state index is -2.04. The van der Waals surface area contributed by atoms with Gasteiger partial charge in [-0.05, 0) is 18.3 Å². The first-order chi connectivity index (χ1) is 9.73. The molecule has 0 spiro atoms. The van der Waals surface area contributed by atoms with Gasteiger partial charge in [0.25, 0.3) is 0 Å². The monoisotopic (exact) mass is 303 g/mol. The fourth-order valence-electron chi connectivity index (χ4n) is 3.13. The standard InChI is InChI=1S/C14H25NO6/c1-8(2)3-9-4-11(17)15(5-9)7-14(20)13(19)12(18)10(16)6-21-14/h8-10,12-13,16,18-20H,3-7H2,1-2H3/t9-,10-,12+,13+,14?/m1/s1. The molecule has 0 saturated carbocycles. The molecular formula is C14H25NO6. The van der Waals surface area contributed by atoms with E-state index in [9.17, 15) is 25.2 Å². The molecule has 0 aromatic rings. The average Bonchev–Trinajstić information content (AvgIpc) is 2.71. The summed E-state index contributed by atoms with van der Waals surface area (Å²) in [5.41, 5.74) is 0. The fraction of sp³-hybridized carbons (Fsp3) is 0.929. The largest absolute Gasteiger partial charge is 0.388 e. The summed E-state index contributed by atoms with van der Waals surface area (Å²) in [6, 6.07) is 0. The molecular weight excluding hydrogens is 278 g/mol. The number of likely N-dealkylation sites (tertiary alicyclic amines) is 1. The Kier molecular flexibility index (Phi) is 4.89. The first-order valence-electron chi connectivity index (χ1n) is 7.41. The number of β-amino-alcohol motifs (C(OH)–C–C–N with tert-alkyl or cyclic N) is 1. The maximum Gasteiger partial charge on any atom is 0.223 e. The van der Waals surface area contributed by atoms with Crippen LogP contribution < -0.4 is 0 Å². The van der Waals surface area contributed by atoms with Crippen LogP contribution in [-0.2, 0) is 9.53 Å². The smallest absolute Gasteiger partial charge is 0.223 e. The van der Waals surface area contributed by atoms with Crippen LogP contribution in [0.15, 0.2) is 0 Å². The molecule has 2 rings (SSSR count). The van der Waals surface area contributed by atoms with Gasteiger partial charge in [-0.15, -0.1) is 0 Å². The zero-order chi connectivity index (χ0) is 15.8. The van der Waals surface area contributed by atoms with Gasteiger partial charge >= 0.3 is 0 Å². The van der Waals surface area contributed by atoms with Gasteiger partial charge in [0.2, 0.25) is 11.7 Å². The molecule has 1 amide bonds. The van der Waals surface area contributed by atoms with Gasteiger partial charge in [0.15, 0.2) is 0 Å². The highest BCUT2D eigenvalue weighted by atomic mass is 16.6. The molecule has 2 heterocycles. The average molecular weight is 303 g/mol. The number of hydrogen-bond acceptors (Lipinski definition) is 6. The van der Waals surface area contributed by atoms with E-state index < -0.39 is 24.1 Å². The molecule has 0 radical (unpaired) electrons. The Hall–Kier alpha value is -0.730. The van der Waals surface area contributed by atoms with E-state index in [0.29, 0.717) is 18.9 Å². The summed E-state index contributed by atoms with van der Waals surface area (Å²) < 4.78 is 5.09. The Labute approximate surface area is 124 Å². The van der Waals surface area contributed by atoms with Crippen LogP contribution in [0.2, 0.25) is 0 Å². The van der Waals surface area contributed by atoms with Gasteiger partial charge in [-0.2, -0.15) is 0 Å². The third-order valence-electron chi connectivity index (χ3n) is 4.20. The van der Waals surface area contributed by atoms with Crippen molar-refractivity contribution in [3.8, 4) is 0 Å². The third-order valence-corrected chi connectivity index (χ3v) is 4.20. The predicted molar refractivity (Wildman–Crippen MR) is 73.1 cm³/mol.